The van der Waals surface area contributed by atoms with Gasteiger partial charge >= 0.3 is 5.97 Å². The summed E-state index contributed by atoms with van der Waals surface area (Å²) >= 11 is 0. The van der Waals surface area contributed by atoms with Gasteiger partial charge in [-0.05, 0) is 12.8 Å². The topological polar surface area (TPSA) is 26.3 Å². The molecule has 0 N–H and O–H groups in total. The van der Waals surface area contributed by atoms with Crippen molar-refractivity contribution in [3.8, 4) is 0 Å². The zero-order valence-electron chi connectivity index (χ0n) is 14.4. The molecule has 3 nitrogen and oxygen atoms in total. The number of unbranched alkanes of at least 4 members (excludes halogenated alkanes) is 7. The number of hydrogen-bond acceptors (Lipinski definition) is 2. The molecule has 4 heteroatoms. The first kappa shape index (κ1) is 22.9. The van der Waals surface area contributed by atoms with E-state index in [1.54, 1.807) is 0 Å². The molecule has 0 saturated heterocycles. The summed E-state index contributed by atoms with van der Waals surface area (Å²) in [5.41, 5.74) is 0. The Labute approximate surface area is 142 Å². The van der Waals surface area contributed by atoms with Crippen molar-refractivity contribution in [1.29, 1.82) is 0 Å². The summed E-state index contributed by atoms with van der Waals surface area (Å²) in [6.45, 7) is 8.67. The Morgan fingerprint density at radius 1 is 1.10 bits per heavy atom. The molecule has 0 aromatic carbocycles. The molecule has 0 saturated carbocycles. The lowest BCUT2D eigenvalue weighted by Gasteiger charge is -2.34. The zero-order valence-corrected chi connectivity index (χ0v) is 16.0. The van der Waals surface area contributed by atoms with E-state index in [9.17, 15) is 4.79 Å². The maximum atomic E-state index is 11.2. The van der Waals surface area contributed by atoms with Crippen molar-refractivity contribution in [1.82, 2.24) is 0 Å². The van der Waals surface area contributed by atoms with E-state index in [2.05, 4.69) is 27.6 Å². The molecule has 0 aromatic rings. The molecule has 0 aliphatic heterocycles. The molecular weight excluding hydrogens is 330 g/mol. The lowest BCUT2D eigenvalue weighted by atomic mass is 10.1. The number of halogens is 1. The number of rotatable bonds is 12. The molecule has 0 fully saturated rings. The molecule has 0 heterocycles. The highest BCUT2D eigenvalue weighted by Crippen LogP contribution is 2.13. The van der Waals surface area contributed by atoms with Crippen molar-refractivity contribution in [2.75, 3.05) is 20.6 Å². The molecular formula is C17H34BrNO2. The number of carbonyl (C=O) groups excluding carboxylic acids is 1. The third-order valence-corrected chi connectivity index (χ3v) is 4.03. The van der Waals surface area contributed by atoms with E-state index in [0.29, 0.717) is 0 Å². The first-order valence-electron chi connectivity index (χ1n) is 8.09. The fourth-order valence-corrected chi connectivity index (χ4v) is 2.19. The van der Waals surface area contributed by atoms with Gasteiger partial charge in [-0.2, -0.15) is 0 Å². The first-order chi connectivity index (χ1) is 9.44. The number of hydrogen-bond donors (Lipinski definition) is 0. The summed E-state index contributed by atoms with van der Waals surface area (Å²) < 4.78 is 6.02. The van der Waals surface area contributed by atoms with Crippen LogP contribution in [0.4, 0.5) is 0 Å². The Kier molecular flexibility index (Phi) is 14.5. The second kappa shape index (κ2) is 13.3. The highest BCUT2D eigenvalue weighted by Gasteiger charge is 2.25. The Morgan fingerprint density at radius 2 is 1.57 bits per heavy atom. The van der Waals surface area contributed by atoms with Gasteiger partial charge in [-0.1, -0.05) is 52.0 Å². The second-order valence-electron chi connectivity index (χ2n) is 6.22. The standard InChI is InChI=1S/C17H34NO2.BrH/c1-6-8-9-10-11-12-13-14-15-18(4,5)16(3)20-17(19)7-2;/h7,16H,2,6,8-15H2,1,3-5H3;1H/q+1;/p-1. The second-order valence-corrected chi connectivity index (χ2v) is 6.22. The van der Waals surface area contributed by atoms with E-state index in [0.717, 1.165) is 11.0 Å². The summed E-state index contributed by atoms with van der Waals surface area (Å²) in [7, 11) is 4.23. The number of carbonyl (C=O) groups is 1. The molecule has 1 unspecified atom stereocenters. The molecule has 21 heavy (non-hydrogen) atoms. The van der Waals surface area contributed by atoms with Gasteiger partial charge < -0.3 is 21.7 Å². The van der Waals surface area contributed by atoms with E-state index < -0.39 is 0 Å². The minimum Gasteiger partial charge on any atom is -1.00 e. The monoisotopic (exact) mass is 363 g/mol. The normalized spacial score (nSPS) is 12.4. The summed E-state index contributed by atoms with van der Waals surface area (Å²) in [6.07, 6.45) is 11.7. The lowest BCUT2D eigenvalue weighted by Crippen LogP contribution is -3.00. The molecule has 0 spiro atoms. The smallest absolute Gasteiger partial charge is 0.334 e. The van der Waals surface area contributed by atoms with Crippen LogP contribution in [-0.4, -0.2) is 37.3 Å². The molecule has 1 atom stereocenters. The molecule has 0 bridgehead atoms. The van der Waals surface area contributed by atoms with Gasteiger partial charge in [0.2, 0.25) is 6.23 Å². The average molecular weight is 364 g/mol. The molecule has 0 aliphatic rings. The summed E-state index contributed by atoms with van der Waals surface area (Å²) in [5, 5.41) is 0. The van der Waals surface area contributed by atoms with Crippen molar-refractivity contribution in [2.45, 2.75) is 71.4 Å². The van der Waals surface area contributed by atoms with Crippen LogP contribution in [0.5, 0.6) is 0 Å². The third-order valence-electron chi connectivity index (χ3n) is 4.03. The Hall–Kier alpha value is -0.350. The Bertz CT molecular complexity index is 280. The van der Waals surface area contributed by atoms with Crippen LogP contribution in [0.1, 0.15) is 65.2 Å². The minimum atomic E-state index is -0.334. The van der Waals surface area contributed by atoms with Crippen LogP contribution in [0.15, 0.2) is 12.7 Å². The van der Waals surface area contributed by atoms with Gasteiger partial charge in [0.1, 0.15) is 0 Å². The van der Waals surface area contributed by atoms with E-state index >= 15 is 0 Å². The molecule has 0 aliphatic carbocycles. The maximum Gasteiger partial charge on any atom is 0.334 e. The van der Waals surface area contributed by atoms with Gasteiger partial charge in [0.25, 0.3) is 0 Å². The number of ether oxygens (including phenoxy) is 1. The molecule has 0 aromatic heterocycles. The maximum absolute atomic E-state index is 11.2. The van der Waals surface area contributed by atoms with Crippen LogP contribution in [0.25, 0.3) is 0 Å². The SMILES string of the molecule is C=CC(=O)OC(C)[N+](C)(C)CCCCCCCCCC.[Br-]. The van der Waals surface area contributed by atoms with Crippen molar-refractivity contribution >= 4 is 5.97 Å². The average Bonchev–Trinajstić information content (AvgIpc) is 2.41. The lowest BCUT2D eigenvalue weighted by molar-refractivity contribution is -0.932. The van der Waals surface area contributed by atoms with Gasteiger partial charge in [0.15, 0.2) is 0 Å². The predicted octanol–water partition coefficient (Wildman–Crippen LogP) is 1.28. The fraction of sp³-hybridized carbons (Fsp3) is 0.824. The van der Waals surface area contributed by atoms with Gasteiger partial charge in [0.05, 0.1) is 20.6 Å². The van der Waals surface area contributed by atoms with Crippen LogP contribution >= 0.6 is 0 Å². The first-order valence-corrected chi connectivity index (χ1v) is 8.09. The van der Waals surface area contributed by atoms with Crippen LogP contribution < -0.4 is 17.0 Å². The van der Waals surface area contributed by atoms with Gasteiger partial charge in [0, 0.05) is 13.0 Å². The Morgan fingerprint density at radius 3 is 2.05 bits per heavy atom. The zero-order chi connectivity index (χ0) is 15.4. The fourth-order valence-electron chi connectivity index (χ4n) is 2.19. The third kappa shape index (κ3) is 11.9. The van der Waals surface area contributed by atoms with Crippen LogP contribution in [0.3, 0.4) is 0 Å². The van der Waals surface area contributed by atoms with Crippen LogP contribution in [-0.2, 0) is 9.53 Å². The number of nitrogens with zero attached hydrogens (tertiary/aromatic N) is 1. The van der Waals surface area contributed by atoms with E-state index in [1.807, 2.05) is 6.92 Å². The largest absolute Gasteiger partial charge is 1.00 e. The number of esters is 1. The van der Waals surface area contributed by atoms with Crippen molar-refractivity contribution in [3.63, 3.8) is 0 Å². The highest BCUT2D eigenvalue weighted by molar-refractivity contribution is 5.81. The molecule has 126 valence electrons. The van der Waals surface area contributed by atoms with Gasteiger partial charge in [-0.3, -0.25) is 4.48 Å². The summed E-state index contributed by atoms with van der Waals surface area (Å²) in [6, 6.07) is 0. The number of quaternary nitrogens is 1. The minimum absolute atomic E-state index is 0. The summed E-state index contributed by atoms with van der Waals surface area (Å²) in [4.78, 5) is 11.2. The summed E-state index contributed by atoms with van der Waals surface area (Å²) in [5.74, 6) is -0.334. The van der Waals surface area contributed by atoms with Crippen molar-refractivity contribution in [3.05, 3.63) is 12.7 Å². The van der Waals surface area contributed by atoms with Crippen molar-refractivity contribution < 1.29 is 31.0 Å². The Balaban J connectivity index is 0. The van der Waals surface area contributed by atoms with E-state index in [1.165, 1.54) is 57.4 Å². The quantitative estimate of drug-likeness (QED) is 0.172. The highest BCUT2D eigenvalue weighted by atomic mass is 79.9. The van der Waals surface area contributed by atoms with E-state index in [-0.39, 0.29) is 29.2 Å². The molecule has 0 radical (unpaired) electrons. The van der Waals surface area contributed by atoms with Gasteiger partial charge in [-0.15, -0.1) is 0 Å². The van der Waals surface area contributed by atoms with Crippen molar-refractivity contribution in [2.24, 2.45) is 0 Å². The molecule has 0 rings (SSSR count). The van der Waals surface area contributed by atoms with Gasteiger partial charge in [-0.25, -0.2) is 4.79 Å². The van der Waals surface area contributed by atoms with E-state index in [4.69, 9.17) is 4.74 Å². The van der Waals surface area contributed by atoms with Crippen LogP contribution in [0.2, 0.25) is 0 Å². The molecule has 0 amide bonds. The predicted molar refractivity (Wildman–Crippen MR) is 85.3 cm³/mol. The van der Waals surface area contributed by atoms with Crippen LogP contribution in [0, 0.1) is 0 Å².